The fourth-order valence-corrected chi connectivity index (χ4v) is 2.85. The normalized spacial score (nSPS) is 28.9. The van der Waals surface area contributed by atoms with E-state index in [9.17, 15) is 31.1 Å². The van der Waals surface area contributed by atoms with Crippen molar-refractivity contribution in [1.82, 2.24) is 4.90 Å². The molecule has 2 aliphatic rings. The lowest BCUT2D eigenvalue weighted by atomic mass is 9.83. The molecular weight excluding hydrogens is 280 g/mol. The molecule has 3 nitrogen and oxygen atoms in total. The molecule has 0 aromatic heterocycles. The summed E-state index contributed by atoms with van der Waals surface area (Å²) in [5, 5.41) is 0. The Bertz CT molecular complexity index is 413. The zero-order chi connectivity index (χ0) is 14.6. The Kier molecular flexibility index (Phi) is 2.80. The highest BCUT2D eigenvalue weighted by atomic mass is 19.4. The van der Waals surface area contributed by atoms with Crippen molar-refractivity contribution in [2.24, 2.45) is 5.92 Å². The molecule has 0 aromatic rings. The molecule has 0 radical (unpaired) electrons. The molecule has 2 rings (SSSR count). The summed E-state index contributed by atoms with van der Waals surface area (Å²) < 4.78 is 82.8. The number of amides is 1. The molecule has 0 saturated carbocycles. The van der Waals surface area contributed by atoms with E-state index in [1.54, 1.807) is 0 Å². The zero-order valence-corrected chi connectivity index (χ0v) is 9.55. The Labute approximate surface area is 103 Å². The number of hydrogen-bond acceptors (Lipinski definition) is 2. The Hall–Kier alpha value is -1.41. The van der Waals surface area contributed by atoms with Gasteiger partial charge in [-0.3, -0.25) is 4.90 Å². The summed E-state index contributed by atoms with van der Waals surface area (Å²) in [5.74, 6) is -1.84. The molecule has 9 heteroatoms. The van der Waals surface area contributed by atoms with Gasteiger partial charge < -0.3 is 4.74 Å². The monoisotopic (exact) mass is 289 g/mol. The van der Waals surface area contributed by atoms with E-state index in [0.29, 0.717) is 0 Å². The van der Waals surface area contributed by atoms with Gasteiger partial charge in [0.25, 0.3) is 0 Å². The van der Waals surface area contributed by atoms with Gasteiger partial charge in [0.15, 0.2) is 0 Å². The van der Waals surface area contributed by atoms with Crippen molar-refractivity contribution in [3.63, 3.8) is 0 Å². The average molecular weight is 289 g/mol. The van der Waals surface area contributed by atoms with E-state index in [1.165, 1.54) is 0 Å². The van der Waals surface area contributed by atoms with Crippen LogP contribution in [-0.2, 0) is 4.74 Å². The summed E-state index contributed by atoms with van der Waals surface area (Å²) >= 11 is 0. The lowest BCUT2D eigenvalue weighted by Gasteiger charge is -2.45. The Morgan fingerprint density at radius 1 is 1.21 bits per heavy atom. The minimum absolute atomic E-state index is 0.238. The van der Waals surface area contributed by atoms with Crippen molar-refractivity contribution >= 4 is 6.09 Å². The highest BCUT2D eigenvalue weighted by Gasteiger charge is 2.82. The first-order chi connectivity index (χ1) is 8.57. The number of carbonyl (C=O) groups is 1. The number of alkyl halides is 6. The smallest absolute Gasteiger partial charge is 0.421 e. The van der Waals surface area contributed by atoms with Crippen LogP contribution in [0.2, 0.25) is 0 Å². The summed E-state index contributed by atoms with van der Waals surface area (Å²) in [7, 11) is 0.746. The molecule has 0 unspecified atom stereocenters. The topological polar surface area (TPSA) is 29.5 Å². The van der Waals surface area contributed by atoms with Crippen LogP contribution in [0.5, 0.6) is 0 Å². The van der Waals surface area contributed by atoms with Crippen LogP contribution in [0.25, 0.3) is 0 Å². The van der Waals surface area contributed by atoms with Crippen molar-refractivity contribution in [3.8, 4) is 0 Å². The number of nitrogens with zero attached hydrogens (tertiary/aromatic N) is 1. The molecule has 108 valence electrons. The number of halogens is 6. The Morgan fingerprint density at radius 3 is 2.16 bits per heavy atom. The standard InChI is InChI=1S/C10H9F6NO2/c1-19-7(18)17-6-3-2-5(4-6)8(17,9(11,12)13)10(14,15)16/h2-3,5-6H,4H2,1H3/t5-,6+/m1/s1. The van der Waals surface area contributed by atoms with Crippen LogP contribution in [0.1, 0.15) is 6.42 Å². The van der Waals surface area contributed by atoms with Crippen molar-refractivity contribution in [1.29, 1.82) is 0 Å². The molecule has 2 bridgehead atoms. The Morgan fingerprint density at radius 2 is 1.74 bits per heavy atom. The molecule has 1 amide bonds. The van der Waals surface area contributed by atoms with Gasteiger partial charge in [-0.1, -0.05) is 12.2 Å². The molecule has 2 atom stereocenters. The molecule has 0 aromatic carbocycles. The fourth-order valence-electron chi connectivity index (χ4n) is 2.85. The van der Waals surface area contributed by atoms with E-state index < -0.39 is 42.4 Å². The van der Waals surface area contributed by atoms with Gasteiger partial charge in [0.05, 0.1) is 13.2 Å². The van der Waals surface area contributed by atoms with Gasteiger partial charge in [0.2, 0.25) is 5.54 Å². The van der Waals surface area contributed by atoms with Crippen LogP contribution in [0.15, 0.2) is 12.2 Å². The number of hydrogen-bond donors (Lipinski definition) is 0. The van der Waals surface area contributed by atoms with E-state index >= 15 is 0 Å². The number of likely N-dealkylation sites (tertiary alicyclic amines) is 1. The highest BCUT2D eigenvalue weighted by molar-refractivity contribution is 5.71. The van der Waals surface area contributed by atoms with E-state index in [4.69, 9.17) is 0 Å². The van der Waals surface area contributed by atoms with Gasteiger partial charge in [0, 0.05) is 5.92 Å². The molecule has 1 saturated heterocycles. The van der Waals surface area contributed by atoms with Crippen molar-refractivity contribution in [2.45, 2.75) is 30.4 Å². The molecule has 1 aliphatic heterocycles. The zero-order valence-electron chi connectivity index (χ0n) is 9.55. The molecule has 19 heavy (non-hydrogen) atoms. The van der Waals surface area contributed by atoms with E-state index in [2.05, 4.69) is 4.74 Å². The third-order valence-electron chi connectivity index (χ3n) is 3.54. The number of methoxy groups -OCH3 is 1. The van der Waals surface area contributed by atoms with E-state index in [1.807, 2.05) is 0 Å². The average Bonchev–Trinajstić information content (AvgIpc) is 2.83. The van der Waals surface area contributed by atoms with Gasteiger partial charge in [0.1, 0.15) is 0 Å². The first-order valence-corrected chi connectivity index (χ1v) is 5.26. The van der Waals surface area contributed by atoms with Gasteiger partial charge >= 0.3 is 18.4 Å². The van der Waals surface area contributed by atoms with Crippen LogP contribution in [0.3, 0.4) is 0 Å². The second-order valence-electron chi connectivity index (χ2n) is 4.40. The van der Waals surface area contributed by atoms with Gasteiger partial charge in [-0.25, -0.2) is 4.79 Å². The van der Waals surface area contributed by atoms with Crippen molar-refractivity contribution < 1.29 is 35.9 Å². The first-order valence-electron chi connectivity index (χ1n) is 5.26. The number of ether oxygens (including phenoxy) is 1. The van der Waals surface area contributed by atoms with Crippen LogP contribution < -0.4 is 0 Å². The largest absolute Gasteiger partial charge is 0.453 e. The number of carbonyl (C=O) groups excluding carboxylic acids is 1. The SMILES string of the molecule is COC(=O)N1[C@H]2C=C[C@H](C2)C1(C(F)(F)F)C(F)(F)F. The third kappa shape index (κ3) is 1.56. The second kappa shape index (κ2) is 3.80. The maximum Gasteiger partial charge on any atom is 0.421 e. The van der Waals surface area contributed by atoms with Gasteiger partial charge in [-0.2, -0.15) is 26.3 Å². The molecule has 0 N–H and O–H groups in total. The van der Waals surface area contributed by atoms with E-state index in [-0.39, 0.29) is 4.90 Å². The Balaban J connectivity index is 2.64. The lowest BCUT2D eigenvalue weighted by molar-refractivity contribution is -0.337. The predicted molar refractivity (Wildman–Crippen MR) is 50.1 cm³/mol. The van der Waals surface area contributed by atoms with Crippen LogP contribution in [-0.4, -0.2) is 42.0 Å². The summed E-state index contributed by atoms with van der Waals surface area (Å²) in [6.07, 6.45) is -11.3. The molecular formula is C10H9F6NO2. The van der Waals surface area contributed by atoms with E-state index in [0.717, 1.165) is 19.3 Å². The van der Waals surface area contributed by atoms with Crippen molar-refractivity contribution in [2.75, 3.05) is 7.11 Å². The molecule has 1 heterocycles. The van der Waals surface area contributed by atoms with Crippen LogP contribution in [0, 0.1) is 5.92 Å². The highest BCUT2D eigenvalue weighted by Crippen LogP contribution is 2.60. The minimum Gasteiger partial charge on any atom is -0.453 e. The maximum atomic E-state index is 13.1. The van der Waals surface area contributed by atoms with Crippen molar-refractivity contribution in [3.05, 3.63) is 12.2 Å². The summed E-state index contributed by atoms with van der Waals surface area (Å²) in [6, 6.07) is -1.25. The predicted octanol–water partition coefficient (Wildman–Crippen LogP) is 2.88. The van der Waals surface area contributed by atoms with Gasteiger partial charge in [-0.15, -0.1) is 0 Å². The quantitative estimate of drug-likeness (QED) is 0.507. The summed E-state index contributed by atoms with van der Waals surface area (Å²) in [6.45, 7) is 0. The summed E-state index contributed by atoms with van der Waals surface area (Å²) in [5.41, 5.74) is -4.20. The number of fused-ring (bicyclic) bond motifs is 2. The fraction of sp³-hybridized carbons (Fsp3) is 0.700. The van der Waals surface area contributed by atoms with Crippen LogP contribution in [0.4, 0.5) is 31.1 Å². The summed E-state index contributed by atoms with van der Waals surface area (Å²) in [4.78, 5) is 11.1. The lowest BCUT2D eigenvalue weighted by Crippen LogP contribution is -2.70. The molecule has 0 spiro atoms. The first kappa shape index (κ1) is 14.0. The minimum atomic E-state index is -5.64. The van der Waals surface area contributed by atoms with Crippen LogP contribution >= 0.6 is 0 Å². The van der Waals surface area contributed by atoms with Gasteiger partial charge in [-0.05, 0) is 6.42 Å². The second-order valence-corrected chi connectivity index (χ2v) is 4.40. The number of rotatable bonds is 0. The third-order valence-corrected chi connectivity index (χ3v) is 3.54. The maximum absolute atomic E-state index is 13.1. The molecule has 1 aliphatic carbocycles. The molecule has 1 fully saturated rings.